The smallest absolute Gasteiger partial charge is 0.271 e. The topological polar surface area (TPSA) is 84.7 Å². The molecule has 5 nitrogen and oxygen atoms in total. The molecule has 0 amide bonds. The minimum atomic E-state index is -0.473. The van der Waals surface area contributed by atoms with E-state index in [1.165, 1.54) is 0 Å². The van der Waals surface area contributed by atoms with E-state index in [-0.39, 0.29) is 16.7 Å². The zero-order valence-corrected chi connectivity index (χ0v) is 10.5. The minimum absolute atomic E-state index is 0.0133. The minimum Gasteiger partial charge on any atom is -0.369 e. The summed E-state index contributed by atoms with van der Waals surface area (Å²) in [4.78, 5) is 22.4. The van der Waals surface area contributed by atoms with E-state index in [0.29, 0.717) is 5.69 Å². The highest BCUT2D eigenvalue weighted by atomic mass is 35.5. The maximum Gasteiger partial charge on any atom is 0.271 e. The second-order valence-corrected chi connectivity index (χ2v) is 4.38. The van der Waals surface area contributed by atoms with Crippen molar-refractivity contribution in [3.63, 3.8) is 0 Å². The number of halogens is 1. The Labute approximate surface area is 113 Å². The summed E-state index contributed by atoms with van der Waals surface area (Å²) < 4.78 is 0. The molecule has 6 heteroatoms. The fourth-order valence-corrected chi connectivity index (χ4v) is 2.03. The molecule has 0 aliphatic carbocycles. The molecular formula is C13H9ClN4O. The Balaban J connectivity index is 2.27. The van der Waals surface area contributed by atoms with E-state index in [2.05, 4.69) is 15.0 Å². The number of H-pyrrole nitrogens is 1. The quantitative estimate of drug-likeness (QED) is 0.711. The van der Waals surface area contributed by atoms with Gasteiger partial charge in [-0.15, -0.1) is 0 Å². The molecule has 1 aromatic carbocycles. The van der Waals surface area contributed by atoms with Crippen molar-refractivity contribution in [1.82, 2.24) is 15.0 Å². The van der Waals surface area contributed by atoms with Gasteiger partial charge in [-0.25, -0.2) is 9.97 Å². The first-order chi connectivity index (χ1) is 9.15. The van der Waals surface area contributed by atoms with Crippen LogP contribution in [0.15, 0.2) is 41.2 Å². The third kappa shape index (κ3) is 2.04. The van der Waals surface area contributed by atoms with Gasteiger partial charge in [0.2, 0.25) is 5.95 Å². The van der Waals surface area contributed by atoms with Crippen LogP contribution in [0.2, 0.25) is 5.02 Å². The number of aromatic amines is 1. The SMILES string of the molecule is Nc1nc(-c2ccc3ccccc3n2)c(Cl)c(=O)[nH]1. The molecule has 3 rings (SSSR count). The number of hydrogen-bond acceptors (Lipinski definition) is 4. The number of anilines is 1. The number of hydrogen-bond donors (Lipinski definition) is 2. The summed E-state index contributed by atoms with van der Waals surface area (Å²) in [6.45, 7) is 0. The van der Waals surface area contributed by atoms with E-state index >= 15 is 0 Å². The fraction of sp³-hybridized carbons (Fsp3) is 0. The van der Waals surface area contributed by atoms with Crippen LogP contribution < -0.4 is 11.3 Å². The molecule has 94 valence electrons. The summed E-state index contributed by atoms with van der Waals surface area (Å²) in [5.41, 5.74) is 6.66. The molecule has 2 heterocycles. The number of nitrogens with one attached hydrogen (secondary N) is 1. The van der Waals surface area contributed by atoms with Crippen molar-refractivity contribution in [2.75, 3.05) is 5.73 Å². The molecule has 0 saturated heterocycles. The standard InChI is InChI=1S/C13H9ClN4O/c14-10-11(17-13(15)18-12(10)19)9-6-5-7-3-1-2-4-8(7)16-9/h1-6H,(H3,15,17,18,19). The third-order valence-electron chi connectivity index (χ3n) is 2.72. The van der Waals surface area contributed by atoms with E-state index in [4.69, 9.17) is 17.3 Å². The van der Waals surface area contributed by atoms with Gasteiger partial charge in [0.25, 0.3) is 5.56 Å². The van der Waals surface area contributed by atoms with Crippen LogP contribution in [0, 0.1) is 0 Å². The molecule has 3 aromatic rings. The molecular weight excluding hydrogens is 264 g/mol. The van der Waals surface area contributed by atoms with Crippen LogP contribution in [0.25, 0.3) is 22.3 Å². The Kier molecular flexibility index (Phi) is 2.68. The molecule has 0 radical (unpaired) electrons. The maximum absolute atomic E-state index is 11.6. The van der Waals surface area contributed by atoms with Crippen molar-refractivity contribution in [1.29, 1.82) is 0 Å². The summed E-state index contributed by atoms with van der Waals surface area (Å²) in [6, 6.07) is 11.3. The van der Waals surface area contributed by atoms with Crippen molar-refractivity contribution in [3.05, 3.63) is 51.8 Å². The van der Waals surface area contributed by atoms with E-state index in [1.807, 2.05) is 30.3 Å². The number of aromatic nitrogens is 3. The van der Waals surface area contributed by atoms with Gasteiger partial charge in [0.1, 0.15) is 10.7 Å². The van der Waals surface area contributed by atoms with Crippen molar-refractivity contribution < 1.29 is 0 Å². The Morgan fingerprint density at radius 2 is 1.89 bits per heavy atom. The molecule has 0 fully saturated rings. The average Bonchev–Trinajstić information content (AvgIpc) is 2.42. The Hall–Kier alpha value is -2.40. The van der Waals surface area contributed by atoms with Gasteiger partial charge >= 0.3 is 0 Å². The van der Waals surface area contributed by atoms with Gasteiger partial charge in [0.05, 0.1) is 11.2 Å². The van der Waals surface area contributed by atoms with Crippen LogP contribution >= 0.6 is 11.6 Å². The molecule has 0 spiro atoms. The van der Waals surface area contributed by atoms with E-state index in [1.54, 1.807) is 6.07 Å². The molecule has 0 bridgehead atoms. The fourth-order valence-electron chi connectivity index (χ4n) is 1.84. The number of nitrogen functional groups attached to an aromatic ring is 1. The van der Waals surface area contributed by atoms with Crippen LogP contribution in [0.3, 0.4) is 0 Å². The molecule has 19 heavy (non-hydrogen) atoms. The lowest BCUT2D eigenvalue weighted by Crippen LogP contribution is -2.13. The summed E-state index contributed by atoms with van der Waals surface area (Å²) >= 11 is 5.95. The largest absolute Gasteiger partial charge is 0.369 e. The second-order valence-electron chi connectivity index (χ2n) is 4.00. The lowest BCUT2D eigenvalue weighted by molar-refractivity contribution is 1.13. The van der Waals surface area contributed by atoms with Crippen LogP contribution in [-0.4, -0.2) is 15.0 Å². The lowest BCUT2D eigenvalue weighted by Gasteiger charge is -2.04. The van der Waals surface area contributed by atoms with Gasteiger partial charge in [-0.05, 0) is 12.1 Å². The first-order valence-electron chi connectivity index (χ1n) is 5.56. The average molecular weight is 273 g/mol. The number of benzene rings is 1. The monoisotopic (exact) mass is 272 g/mol. The van der Waals surface area contributed by atoms with Gasteiger partial charge in [-0.1, -0.05) is 35.9 Å². The zero-order valence-electron chi connectivity index (χ0n) is 9.72. The predicted molar refractivity (Wildman–Crippen MR) is 75.0 cm³/mol. The second kappa shape index (κ2) is 4.37. The van der Waals surface area contributed by atoms with Crippen LogP contribution in [-0.2, 0) is 0 Å². The summed E-state index contributed by atoms with van der Waals surface area (Å²) in [5, 5.41) is 0.983. The number of rotatable bonds is 1. The van der Waals surface area contributed by atoms with Crippen LogP contribution in [0.4, 0.5) is 5.95 Å². The number of para-hydroxylation sites is 1. The first kappa shape index (κ1) is 11.7. The molecule has 0 unspecified atom stereocenters. The molecule has 0 aliphatic heterocycles. The van der Waals surface area contributed by atoms with Crippen molar-refractivity contribution in [2.24, 2.45) is 0 Å². The van der Waals surface area contributed by atoms with Crippen LogP contribution in [0.1, 0.15) is 0 Å². The predicted octanol–water partition coefficient (Wildman–Crippen LogP) is 2.22. The van der Waals surface area contributed by atoms with Gasteiger partial charge in [-0.3, -0.25) is 9.78 Å². The zero-order chi connectivity index (χ0) is 13.4. The summed E-state index contributed by atoms with van der Waals surface area (Å²) in [6.07, 6.45) is 0. The van der Waals surface area contributed by atoms with Crippen molar-refractivity contribution >= 4 is 28.5 Å². The van der Waals surface area contributed by atoms with Crippen molar-refractivity contribution in [3.8, 4) is 11.4 Å². The molecule has 0 saturated carbocycles. The first-order valence-corrected chi connectivity index (χ1v) is 5.94. The highest BCUT2D eigenvalue weighted by Gasteiger charge is 2.12. The van der Waals surface area contributed by atoms with Crippen molar-refractivity contribution in [2.45, 2.75) is 0 Å². The maximum atomic E-state index is 11.6. The Morgan fingerprint density at radius 3 is 2.74 bits per heavy atom. The van der Waals surface area contributed by atoms with Crippen LogP contribution in [0.5, 0.6) is 0 Å². The van der Waals surface area contributed by atoms with Gasteiger partial charge < -0.3 is 5.73 Å². The molecule has 3 N–H and O–H groups in total. The van der Waals surface area contributed by atoms with Gasteiger partial charge in [0.15, 0.2) is 0 Å². The van der Waals surface area contributed by atoms with Gasteiger partial charge in [0, 0.05) is 5.39 Å². The van der Waals surface area contributed by atoms with E-state index in [9.17, 15) is 4.79 Å². The number of fused-ring (bicyclic) bond motifs is 1. The molecule has 0 atom stereocenters. The number of nitrogens with two attached hydrogens (primary N) is 1. The normalized spacial score (nSPS) is 10.8. The molecule has 2 aromatic heterocycles. The highest BCUT2D eigenvalue weighted by Crippen LogP contribution is 2.23. The number of nitrogens with zero attached hydrogens (tertiary/aromatic N) is 2. The van der Waals surface area contributed by atoms with E-state index in [0.717, 1.165) is 10.9 Å². The Bertz CT molecular complexity index is 828. The summed E-state index contributed by atoms with van der Waals surface area (Å²) in [5.74, 6) is 0.0133. The lowest BCUT2D eigenvalue weighted by atomic mass is 10.2. The van der Waals surface area contributed by atoms with Gasteiger partial charge in [-0.2, -0.15) is 0 Å². The Morgan fingerprint density at radius 1 is 1.11 bits per heavy atom. The van der Waals surface area contributed by atoms with E-state index < -0.39 is 5.56 Å². The summed E-state index contributed by atoms with van der Waals surface area (Å²) in [7, 11) is 0. The molecule has 0 aliphatic rings. The highest BCUT2D eigenvalue weighted by molar-refractivity contribution is 6.32. The number of pyridine rings is 1. The third-order valence-corrected chi connectivity index (χ3v) is 3.07.